The number of ether oxygens (including phenoxy) is 2. The van der Waals surface area contributed by atoms with E-state index in [2.05, 4.69) is 11.9 Å². The molecule has 0 heterocycles. The van der Waals surface area contributed by atoms with Crippen LogP contribution in [0.4, 0.5) is 4.79 Å². The number of alkyl carbamates (subject to hydrolysis) is 1. The van der Waals surface area contributed by atoms with Crippen molar-refractivity contribution in [3.63, 3.8) is 0 Å². The molecule has 2 rings (SSSR count). The minimum Gasteiger partial charge on any atom is -0.460 e. The molecule has 0 bridgehead atoms. The summed E-state index contributed by atoms with van der Waals surface area (Å²) < 4.78 is 39.5. The highest BCUT2D eigenvalue weighted by molar-refractivity contribution is 7.85. The molecule has 0 aliphatic rings. The second kappa shape index (κ2) is 14.0. The zero-order valence-electron chi connectivity index (χ0n) is 17.8. The van der Waals surface area contributed by atoms with E-state index in [-0.39, 0.29) is 31.1 Å². The van der Waals surface area contributed by atoms with Gasteiger partial charge in [0.1, 0.15) is 19.3 Å². The summed E-state index contributed by atoms with van der Waals surface area (Å²) in [5, 5.41) is 2.45. The zero-order valence-corrected chi connectivity index (χ0v) is 18.6. The SMILES string of the molecule is C=CCOC(=O)C(CCN)NC(=O)OCc1ccccc1.Cc1ccc(S(=O)(=O)O)cc1. The van der Waals surface area contributed by atoms with E-state index in [0.29, 0.717) is 0 Å². The van der Waals surface area contributed by atoms with Gasteiger partial charge in [-0.05, 0) is 37.6 Å². The van der Waals surface area contributed by atoms with Crippen molar-refractivity contribution in [3.05, 3.63) is 78.4 Å². The van der Waals surface area contributed by atoms with Gasteiger partial charge in [0.2, 0.25) is 0 Å². The summed E-state index contributed by atoms with van der Waals surface area (Å²) >= 11 is 0. The maximum atomic E-state index is 11.7. The number of carbonyl (C=O) groups is 2. The summed E-state index contributed by atoms with van der Waals surface area (Å²) in [6.07, 6.45) is 1.04. The van der Waals surface area contributed by atoms with Crippen LogP contribution in [0.1, 0.15) is 17.5 Å². The number of aryl methyl sites for hydroxylation is 1. The molecule has 0 saturated carbocycles. The molecule has 1 atom stereocenters. The third-order valence-corrected chi connectivity index (χ3v) is 4.77. The number of nitrogens with one attached hydrogen (secondary N) is 1. The molecule has 2 aromatic rings. The second-order valence-electron chi connectivity index (χ2n) is 6.54. The van der Waals surface area contributed by atoms with Crippen molar-refractivity contribution in [2.75, 3.05) is 13.2 Å². The van der Waals surface area contributed by atoms with Gasteiger partial charge in [0.25, 0.3) is 10.1 Å². The quantitative estimate of drug-likeness (QED) is 0.292. The third kappa shape index (κ3) is 10.7. The number of rotatable bonds is 9. The number of esters is 1. The minimum absolute atomic E-state index is 0.0666. The van der Waals surface area contributed by atoms with Gasteiger partial charge in [-0.3, -0.25) is 4.55 Å². The number of nitrogens with two attached hydrogens (primary N) is 1. The lowest BCUT2D eigenvalue weighted by molar-refractivity contribution is -0.144. The number of hydrogen-bond donors (Lipinski definition) is 3. The predicted molar refractivity (Wildman–Crippen MR) is 119 cm³/mol. The van der Waals surface area contributed by atoms with E-state index in [4.69, 9.17) is 19.8 Å². The van der Waals surface area contributed by atoms with Crippen LogP contribution in [0, 0.1) is 6.92 Å². The first-order valence-corrected chi connectivity index (χ1v) is 11.1. The molecule has 2 aromatic carbocycles. The van der Waals surface area contributed by atoms with E-state index in [1.54, 1.807) is 12.1 Å². The minimum atomic E-state index is -4.02. The number of carbonyl (C=O) groups excluding carboxylic acids is 2. The molecule has 0 spiro atoms. The summed E-state index contributed by atoms with van der Waals surface area (Å²) in [5.41, 5.74) is 7.23. The molecule has 0 radical (unpaired) electrons. The average molecular weight is 465 g/mol. The molecule has 0 saturated heterocycles. The Morgan fingerprint density at radius 3 is 2.28 bits per heavy atom. The van der Waals surface area contributed by atoms with Crippen molar-refractivity contribution < 1.29 is 32.0 Å². The predicted octanol–water partition coefficient (Wildman–Crippen LogP) is 2.60. The highest BCUT2D eigenvalue weighted by Gasteiger charge is 2.21. The van der Waals surface area contributed by atoms with Gasteiger partial charge in [0.15, 0.2) is 0 Å². The highest BCUT2D eigenvalue weighted by atomic mass is 32.2. The maximum absolute atomic E-state index is 11.7. The van der Waals surface area contributed by atoms with Crippen LogP contribution in [0.15, 0.2) is 72.1 Å². The van der Waals surface area contributed by atoms with Crippen LogP contribution in [0.3, 0.4) is 0 Å². The number of hydrogen-bond acceptors (Lipinski definition) is 7. The Labute approximate surface area is 188 Å². The van der Waals surface area contributed by atoms with Crippen molar-refractivity contribution >= 4 is 22.2 Å². The highest BCUT2D eigenvalue weighted by Crippen LogP contribution is 2.08. The van der Waals surface area contributed by atoms with Gasteiger partial charge in [-0.15, -0.1) is 0 Å². The summed E-state index contributed by atoms with van der Waals surface area (Å²) in [7, 11) is -4.02. The Bertz CT molecular complexity index is 962. The Balaban J connectivity index is 0.000000389. The van der Waals surface area contributed by atoms with Crippen LogP contribution < -0.4 is 11.1 Å². The average Bonchev–Trinajstić information content (AvgIpc) is 2.76. The van der Waals surface area contributed by atoms with Gasteiger partial charge >= 0.3 is 12.1 Å². The summed E-state index contributed by atoms with van der Waals surface area (Å²) in [6, 6.07) is 14.4. The normalized spacial score (nSPS) is 11.3. The third-order valence-electron chi connectivity index (χ3n) is 3.91. The number of benzene rings is 2. The van der Waals surface area contributed by atoms with Gasteiger partial charge in [0.05, 0.1) is 4.90 Å². The second-order valence-corrected chi connectivity index (χ2v) is 7.96. The fourth-order valence-electron chi connectivity index (χ4n) is 2.27. The molecule has 1 unspecified atom stereocenters. The monoisotopic (exact) mass is 464 g/mol. The van der Waals surface area contributed by atoms with E-state index in [9.17, 15) is 18.0 Å². The summed E-state index contributed by atoms with van der Waals surface area (Å²) in [5.74, 6) is -0.558. The lowest BCUT2D eigenvalue weighted by Gasteiger charge is -2.16. The Hall–Kier alpha value is -3.21. The van der Waals surface area contributed by atoms with Gasteiger partial charge in [0, 0.05) is 0 Å². The van der Waals surface area contributed by atoms with Crippen LogP contribution in [0.5, 0.6) is 0 Å². The molecule has 10 heteroatoms. The molecule has 0 aromatic heterocycles. The van der Waals surface area contributed by atoms with Gasteiger partial charge in [-0.1, -0.05) is 60.7 Å². The maximum Gasteiger partial charge on any atom is 0.408 e. The van der Waals surface area contributed by atoms with Crippen molar-refractivity contribution in [2.24, 2.45) is 5.73 Å². The van der Waals surface area contributed by atoms with Crippen molar-refractivity contribution in [3.8, 4) is 0 Å². The molecule has 32 heavy (non-hydrogen) atoms. The van der Waals surface area contributed by atoms with Crippen LogP contribution in [0.2, 0.25) is 0 Å². The Kier molecular flexibility index (Phi) is 11.7. The standard InChI is InChI=1S/C15H20N2O4.C7H8O3S/c1-2-10-20-14(18)13(8-9-16)17-15(19)21-11-12-6-4-3-5-7-12;1-6-2-4-7(5-3-6)11(8,9)10/h2-7,13H,1,8-11,16H2,(H,17,19);2-5H,1H3,(H,8,9,10). The van der Waals surface area contributed by atoms with Crippen LogP contribution in [-0.4, -0.2) is 44.2 Å². The Morgan fingerprint density at radius 1 is 1.12 bits per heavy atom. The largest absolute Gasteiger partial charge is 0.460 e. The first-order valence-electron chi connectivity index (χ1n) is 9.66. The summed E-state index contributed by atoms with van der Waals surface area (Å²) in [6.45, 7) is 5.74. The van der Waals surface area contributed by atoms with Gasteiger partial charge in [-0.25, -0.2) is 9.59 Å². The van der Waals surface area contributed by atoms with Crippen LogP contribution in [0.25, 0.3) is 0 Å². The van der Waals surface area contributed by atoms with Crippen molar-refractivity contribution in [1.82, 2.24) is 5.32 Å². The molecule has 9 nitrogen and oxygen atoms in total. The molecule has 0 aliphatic carbocycles. The van der Waals surface area contributed by atoms with Crippen LogP contribution in [-0.2, 0) is 31.0 Å². The molecular formula is C22H28N2O7S. The van der Waals surface area contributed by atoms with Crippen molar-refractivity contribution in [2.45, 2.75) is 30.9 Å². The molecule has 0 aliphatic heterocycles. The number of amides is 1. The first-order chi connectivity index (χ1) is 15.2. The van der Waals surface area contributed by atoms with Gasteiger partial charge < -0.3 is 20.5 Å². The zero-order chi connectivity index (χ0) is 24.0. The fraction of sp³-hybridized carbons (Fsp3) is 0.273. The smallest absolute Gasteiger partial charge is 0.408 e. The molecule has 4 N–H and O–H groups in total. The van der Waals surface area contributed by atoms with E-state index < -0.39 is 28.2 Å². The van der Waals surface area contributed by atoms with Gasteiger partial charge in [-0.2, -0.15) is 8.42 Å². The fourth-order valence-corrected chi connectivity index (χ4v) is 2.75. The van der Waals surface area contributed by atoms with E-state index >= 15 is 0 Å². The lowest BCUT2D eigenvalue weighted by Crippen LogP contribution is -2.43. The Morgan fingerprint density at radius 2 is 1.75 bits per heavy atom. The van der Waals surface area contributed by atoms with E-state index in [1.165, 1.54) is 18.2 Å². The van der Waals surface area contributed by atoms with E-state index in [1.807, 2.05) is 37.3 Å². The molecular weight excluding hydrogens is 436 g/mol. The molecule has 0 fully saturated rings. The van der Waals surface area contributed by atoms with Crippen LogP contribution >= 0.6 is 0 Å². The first kappa shape index (κ1) is 26.8. The summed E-state index contributed by atoms with van der Waals surface area (Å²) in [4.78, 5) is 23.3. The lowest BCUT2D eigenvalue weighted by atomic mass is 10.2. The molecule has 174 valence electrons. The van der Waals surface area contributed by atoms with Crippen molar-refractivity contribution in [1.29, 1.82) is 0 Å². The molecule has 1 amide bonds. The van der Waals surface area contributed by atoms with E-state index in [0.717, 1.165) is 11.1 Å². The topological polar surface area (TPSA) is 145 Å².